The Bertz CT molecular complexity index is 2750. The number of aromatic nitrogens is 3. The minimum Gasteiger partial charge on any atom is -0.368 e. The van der Waals surface area contributed by atoms with Crippen LogP contribution < -0.4 is 48.5 Å². The molecule has 3 aromatic heterocycles. The van der Waals surface area contributed by atoms with Gasteiger partial charge in [0.2, 0.25) is 17.7 Å². The number of nitrogens with zero attached hydrogens (tertiary/aromatic N) is 3. The maximum Gasteiger partial charge on any atom is 0.334 e. The lowest BCUT2D eigenvalue weighted by Gasteiger charge is -2.26. The predicted octanol–water partition coefficient (Wildman–Crippen LogP) is 3.47. The summed E-state index contributed by atoms with van der Waals surface area (Å²) >= 11 is 0. The van der Waals surface area contributed by atoms with Gasteiger partial charge in [-0.1, -0.05) is 86.6 Å². The molecule has 0 aliphatic heterocycles. The predicted molar refractivity (Wildman–Crippen MR) is 281 cm³/mol. The van der Waals surface area contributed by atoms with Gasteiger partial charge in [0.1, 0.15) is 24.2 Å². The fourth-order valence-electron chi connectivity index (χ4n) is 8.20. The van der Waals surface area contributed by atoms with Crippen molar-refractivity contribution >= 4 is 52.4 Å². The first kappa shape index (κ1) is 54.7. The van der Waals surface area contributed by atoms with Gasteiger partial charge in [-0.15, -0.1) is 0 Å². The Kier molecular flexibility index (Phi) is 20.6. The Balaban J connectivity index is 1.09. The van der Waals surface area contributed by atoms with Crippen LogP contribution in [0.3, 0.4) is 0 Å². The van der Waals surface area contributed by atoms with Crippen LogP contribution in [0.15, 0.2) is 134 Å². The molecule has 0 spiro atoms. The highest BCUT2D eigenvalue weighted by Crippen LogP contribution is 2.20. The molecule has 0 fully saturated rings. The normalized spacial score (nSPS) is 12.7. The van der Waals surface area contributed by atoms with E-state index in [1.807, 2.05) is 117 Å². The van der Waals surface area contributed by atoms with E-state index in [2.05, 4.69) is 62.6 Å². The minimum absolute atomic E-state index is 0.0646. The summed E-state index contributed by atoms with van der Waals surface area (Å²) < 4.78 is 0. The summed E-state index contributed by atoms with van der Waals surface area (Å²) in [4.78, 5) is 96.1. The monoisotopic (exact) mass is 1010 g/mol. The molecule has 74 heavy (non-hydrogen) atoms. The third kappa shape index (κ3) is 17.3. The summed E-state index contributed by atoms with van der Waals surface area (Å²) in [5, 5.41) is 25.1. The molecule has 0 aliphatic carbocycles. The first-order chi connectivity index (χ1) is 35.7. The van der Waals surface area contributed by atoms with Gasteiger partial charge in [-0.05, 0) is 84.3 Å². The summed E-state index contributed by atoms with van der Waals surface area (Å²) in [6, 6.07) is 29.7. The van der Waals surface area contributed by atoms with Crippen molar-refractivity contribution < 1.29 is 28.8 Å². The number of carbonyl (C=O) groups excluding carboxylic acids is 6. The van der Waals surface area contributed by atoms with Crippen molar-refractivity contribution in [2.24, 2.45) is 11.7 Å². The molecule has 20 heteroatoms. The number of hydrogen-bond donors (Lipinski definition) is 11. The molecule has 0 saturated carbocycles. The van der Waals surface area contributed by atoms with Crippen molar-refractivity contribution in [1.29, 1.82) is 5.41 Å². The fourth-order valence-corrected chi connectivity index (χ4v) is 8.20. The molecule has 0 unspecified atom stereocenters. The van der Waals surface area contributed by atoms with E-state index in [9.17, 15) is 28.8 Å². The molecule has 6 aromatic rings. The van der Waals surface area contributed by atoms with Gasteiger partial charge in [0.25, 0.3) is 11.8 Å². The summed E-state index contributed by atoms with van der Waals surface area (Å²) in [5.41, 5.74) is 15.9. The first-order valence-corrected chi connectivity index (χ1v) is 24.5. The second kappa shape index (κ2) is 27.8. The number of fused-ring (bicyclic) bond motifs is 1. The number of aromatic amines is 1. The molecular weight excluding hydrogens is 941 g/mol. The van der Waals surface area contributed by atoms with Gasteiger partial charge >= 0.3 is 6.03 Å². The van der Waals surface area contributed by atoms with Crippen LogP contribution in [0.2, 0.25) is 0 Å². The summed E-state index contributed by atoms with van der Waals surface area (Å²) in [6.07, 6.45) is 5.99. The van der Waals surface area contributed by atoms with Gasteiger partial charge in [-0.2, -0.15) is 0 Å². The molecule has 7 amide bonds. The number of carbonyl (C=O) groups is 6. The molecule has 0 radical (unpaired) electrons. The molecule has 0 saturated heterocycles. The number of hydrogen-bond acceptors (Lipinski definition) is 10. The van der Waals surface area contributed by atoms with Crippen LogP contribution in [0, 0.1) is 11.3 Å². The molecule has 3 aromatic carbocycles. The van der Waals surface area contributed by atoms with E-state index in [-0.39, 0.29) is 44.1 Å². The average Bonchev–Trinajstić information content (AvgIpc) is 3.81. The van der Waals surface area contributed by atoms with Crippen LogP contribution in [0.5, 0.6) is 0 Å². The largest absolute Gasteiger partial charge is 0.368 e. The molecular formula is C54H66N14O6. The van der Waals surface area contributed by atoms with Crippen molar-refractivity contribution in [3.63, 3.8) is 0 Å². The van der Waals surface area contributed by atoms with Crippen LogP contribution in [0.4, 0.5) is 4.79 Å². The van der Waals surface area contributed by atoms with Gasteiger partial charge in [-0.3, -0.25) is 49.7 Å². The Morgan fingerprint density at radius 2 is 1.28 bits per heavy atom. The molecule has 388 valence electrons. The lowest BCUT2D eigenvalue weighted by atomic mass is 10.0. The summed E-state index contributed by atoms with van der Waals surface area (Å²) in [5.74, 6) is -3.44. The average molecular weight is 1010 g/mol. The summed E-state index contributed by atoms with van der Waals surface area (Å²) in [7, 11) is 1.58. The molecule has 4 atom stereocenters. The maximum absolute atomic E-state index is 14.0. The van der Waals surface area contributed by atoms with Crippen molar-refractivity contribution in [3.05, 3.63) is 167 Å². The molecule has 3 heterocycles. The first-order valence-electron chi connectivity index (χ1n) is 24.5. The zero-order valence-electron chi connectivity index (χ0n) is 41.8. The number of amides is 7. The number of nitrogens with one attached hydrogen (secondary N) is 10. The third-order valence-electron chi connectivity index (χ3n) is 12.0. The SMILES string of the molecule is CNC(=N)NCCC[C@H](NC(=O)[C@H](CC(C)C)NC(=O)NNC(=O)[C@H](Cc1ccccc1)NC(=O)c1ccc(CN(Cc2ccccn2)Cc2ccccn2)cc1)C(=O)N[C@@H](Cc1c[nH]c2ccccc12)C(N)=O. The van der Waals surface area contributed by atoms with E-state index in [0.29, 0.717) is 31.6 Å². The highest BCUT2D eigenvalue weighted by Gasteiger charge is 2.31. The molecule has 0 aliphatic rings. The lowest BCUT2D eigenvalue weighted by molar-refractivity contribution is -0.132. The Morgan fingerprint density at radius 1 is 0.649 bits per heavy atom. The second-order valence-corrected chi connectivity index (χ2v) is 18.3. The van der Waals surface area contributed by atoms with Crippen molar-refractivity contribution in [3.8, 4) is 0 Å². The molecule has 6 rings (SSSR count). The Hall–Kier alpha value is -8.65. The van der Waals surface area contributed by atoms with E-state index in [4.69, 9.17) is 11.1 Å². The van der Waals surface area contributed by atoms with Crippen molar-refractivity contribution in [1.82, 2.24) is 62.6 Å². The maximum atomic E-state index is 14.0. The van der Waals surface area contributed by atoms with E-state index in [1.54, 1.807) is 37.8 Å². The van der Waals surface area contributed by atoms with Crippen LogP contribution in [-0.4, -0.2) is 99.1 Å². The number of H-pyrrole nitrogens is 1. The Labute approximate surface area is 430 Å². The number of primary amides is 1. The zero-order valence-corrected chi connectivity index (χ0v) is 41.8. The van der Waals surface area contributed by atoms with Crippen molar-refractivity contribution in [2.45, 2.75) is 89.8 Å². The number of pyridine rings is 2. The van der Waals surface area contributed by atoms with Gasteiger partial charge in [0, 0.05) is 81.1 Å². The van der Waals surface area contributed by atoms with Crippen LogP contribution in [0.1, 0.15) is 71.5 Å². The smallest absolute Gasteiger partial charge is 0.334 e. The number of guanidine groups is 1. The van der Waals surface area contributed by atoms with Crippen LogP contribution in [0.25, 0.3) is 10.9 Å². The molecule has 0 bridgehead atoms. The van der Waals surface area contributed by atoms with Gasteiger partial charge in [0.15, 0.2) is 5.96 Å². The standard InChI is InChI=1S/C54H66N14O6/c1-35(2)28-46(51(72)62-44(20-13-27-60-53(56)57-3)50(71)63-45(48(55)69)30-39-31-61-43-19-8-7-18-42(39)43)65-54(74)67-66-52(73)47(29-36-14-5-4-6-15-36)64-49(70)38-23-21-37(22-24-38)32-68(33-40-16-9-11-25-58-40)34-41-17-10-12-26-59-41/h4-12,14-19,21-26,31,35,44-47,61H,13,20,27-30,32-34H2,1-3H3,(H2,55,69)(H,62,72)(H,63,71)(H,64,70)(H,66,73)(H3,56,57,60)(H2,65,67,74)/t44-,45-,46-,47-/m0/s1. The highest BCUT2D eigenvalue weighted by atomic mass is 16.2. The summed E-state index contributed by atoms with van der Waals surface area (Å²) in [6.45, 7) is 5.67. The van der Waals surface area contributed by atoms with E-state index >= 15 is 0 Å². The third-order valence-corrected chi connectivity index (χ3v) is 12.0. The fraction of sp³-hybridized carbons (Fsp3) is 0.315. The lowest BCUT2D eigenvalue weighted by Crippen LogP contribution is -2.59. The molecule has 20 nitrogen and oxygen atoms in total. The topological polar surface area (TPSA) is 293 Å². The number of nitrogens with two attached hydrogens (primary N) is 1. The number of rotatable bonds is 25. The zero-order chi connectivity index (χ0) is 52.8. The van der Waals surface area contributed by atoms with Crippen LogP contribution in [-0.2, 0) is 51.7 Å². The molecule has 12 N–H and O–H groups in total. The second-order valence-electron chi connectivity index (χ2n) is 18.3. The van der Waals surface area contributed by atoms with E-state index in [0.717, 1.165) is 39.0 Å². The minimum atomic E-state index is -1.18. The number of urea groups is 1. The van der Waals surface area contributed by atoms with Gasteiger partial charge in [-0.25, -0.2) is 10.2 Å². The van der Waals surface area contributed by atoms with E-state index in [1.165, 1.54) is 0 Å². The number of para-hydroxylation sites is 1. The van der Waals surface area contributed by atoms with Gasteiger partial charge in [0.05, 0.1) is 11.4 Å². The number of hydrazine groups is 1. The van der Waals surface area contributed by atoms with Gasteiger partial charge < -0.3 is 42.6 Å². The van der Waals surface area contributed by atoms with E-state index < -0.39 is 59.7 Å². The number of benzene rings is 3. The highest BCUT2D eigenvalue weighted by molar-refractivity contribution is 5.98. The quantitative estimate of drug-likeness (QED) is 0.0171. The Morgan fingerprint density at radius 3 is 1.92 bits per heavy atom. The van der Waals surface area contributed by atoms with Crippen LogP contribution >= 0.6 is 0 Å². The van der Waals surface area contributed by atoms with Crippen molar-refractivity contribution in [2.75, 3.05) is 13.6 Å².